The second-order valence-corrected chi connectivity index (χ2v) is 6.53. The number of rotatable bonds is 5. The van der Waals surface area contributed by atoms with Crippen molar-refractivity contribution in [2.75, 3.05) is 20.2 Å². The molecule has 0 aliphatic carbocycles. The number of carbonyl (C=O) groups is 1. The molecule has 1 N–H and O–H groups in total. The van der Waals surface area contributed by atoms with Crippen molar-refractivity contribution in [3.05, 3.63) is 64.7 Å². The predicted molar refractivity (Wildman–Crippen MR) is 93.6 cm³/mol. The zero-order chi connectivity index (χ0) is 17.1. The summed E-state index contributed by atoms with van der Waals surface area (Å²) in [6, 6.07) is 15.6. The van der Waals surface area contributed by atoms with Crippen molar-refractivity contribution in [2.24, 2.45) is 5.92 Å². The molecule has 2 aromatic rings. The van der Waals surface area contributed by atoms with Crippen LogP contribution in [0.5, 0.6) is 5.75 Å². The lowest BCUT2D eigenvalue weighted by atomic mass is 9.89. The molecular weight excluding hydrogens is 326 g/mol. The van der Waals surface area contributed by atoms with Crippen LogP contribution in [0.15, 0.2) is 48.5 Å². The molecule has 1 aliphatic rings. The fourth-order valence-corrected chi connectivity index (χ4v) is 3.65. The molecular formula is C19H20ClNO3. The van der Waals surface area contributed by atoms with Crippen LogP contribution in [-0.2, 0) is 11.3 Å². The first kappa shape index (κ1) is 16.8. The SMILES string of the molecule is COc1ccc(CN2C[C@H](C(=O)O)[C@@H](c3ccccc3)C2)cc1Cl. The third kappa shape index (κ3) is 3.55. The Bertz CT molecular complexity index is 720. The molecule has 1 heterocycles. The summed E-state index contributed by atoms with van der Waals surface area (Å²) in [5, 5.41) is 10.1. The number of likely N-dealkylation sites (tertiary alicyclic amines) is 1. The maximum atomic E-state index is 11.7. The lowest BCUT2D eigenvalue weighted by Gasteiger charge is -2.17. The molecule has 0 aromatic heterocycles. The van der Waals surface area contributed by atoms with E-state index in [0.717, 1.165) is 17.7 Å². The minimum absolute atomic E-state index is 0.0115. The van der Waals surface area contributed by atoms with Gasteiger partial charge in [0, 0.05) is 25.6 Å². The van der Waals surface area contributed by atoms with E-state index in [1.54, 1.807) is 7.11 Å². The summed E-state index contributed by atoms with van der Waals surface area (Å²) in [7, 11) is 1.59. The van der Waals surface area contributed by atoms with Gasteiger partial charge in [-0.15, -0.1) is 0 Å². The van der Waals surface area contributed by atoms with E-state index in [0.29, 0.717) is 23.9 Å². The topological polar surface area (TPSA) is 49.8 Å². The van der Waals surface area contributed by atoms with E-state index in [-0.39, 0.29) is 11.8 Å². The highest BCUT2D eigenvalue weighted by Crippen LogP contribution is 2.34. The molecule has 0 saturated carbocycles. The second kappa shape index (κ2) is 7.24. The van der Waals surface area contributed by atoms with E-state index >= 15 is 0 Å². The van der Waals surface area contributed by atoms with Crippen LogP contribution in [0.4, 0.5) is 0 Å². The summed E-state index contributed by atoms with van der Waals surface area (Å²) in [5.41, 5.74) is 2.14. The van der Waals surface area contributed by atoms with Crippen molar-refractivity contribution in [3.8, 4) is 5.75 Å². The molecule has 1 aliphatic heterocycles. The number of ether oxygens (including phenoxy) is 1. The highest BCUT2D eigenvalue weighted by molar-refractivity contribution is 6.32. The van der Waals surface area contributed by atoms with E-state index in [4.69, 9.17) is 16.3 Å². The van der Waals surface area contributed by atoms with Gasteiger partial charge in [-0.1, -0.05) is 48.0 Å². The summed E-state index contributed by atoms with van der Waals surface area (Å²) in [4.78, 5) is 13.8. The van der Waals surface area contributed by atoms with Gasteiger partial charge in [0.15, 0.2) is 0 Å². The largest absolute Gasteiger partial charge is 0.495 e. The maximum Gasteiger partial charge on any atom is 0.308 e. The molecule has 3 rings (SSSR count). The van der Waals surface area contributed by atoms with Crippen molar-refractivity contribution < 1.29 is 14.6 Å². The molecule has 1 saturated heterocycles. The highest BCUT2D eigenvalue weighted by atomic mass is 35.5. The molecule has 2 atom stereocenters. The number of carboxylic acids is 1. The van der Waals surface area contributed by atoms with Crippen LogP contribution >= 0.6 is 11.6 Å². The Hall–Kier alpha value is -2.04. The highest BCUT2D eigenvalue weighted by Gasteiger charge is 2.38. The molecule has 1 fully saturated rings. The van der Waals surface area contributed by atoms with E-state index in [1.165, 1.54) is 0 Å². The molecule has 0 radical (unpaired) electrons. The van der Waals surface area contributed by atoms with Crippen molar-refractivity contribution in [3.63, 3.8) is 0 Å². The standard InChI is InChI=1S/C19H20ClNO3/c1-24-18-8-7-13(9-17(18)20)10-21-11-15(16(12-21)19(22)23)14-5-3-2-4-6-14/h2-9,15-16H,10-12H2,1H3,(H,22,23)/t15-,16+/m1/s1. The lowest BCUT2D eigenvalue weighted by molar-refractivity contribution is -0.141. The number of halogens is 1. The Labute approximate surface area is 146 Å². The molecule has 2 aromatic carbocycles. The molecule has 0 bridgehead atoms. The van der Waals surface area contributed by atoms with Crippen LogP contribution in [0.2, 0.25) is 5.02 Å². The number of hydrogen-bond acceptors (Lipinski definition) is 3. The zero-order valence-corrected chi connectivity index (χ0v) is 14.2. The van der Waals surface area contributed by atoms with E-state index < -0.39 is 5.97 Å². The smallest absolute Gasteiger partial charge is 0.308 e. The quantitative estimate of drug-likeness (QED) is 0.898. The molecule has 0 unspecified atom stereocenters. The van der Waals surface area contributed by atoms with Gasteiger partial charge in [-0.25, -0.2) is 0 Å². The Morgan fingerprint density at radius 3 is 2.62 bits per heavy atom. The fourth-order valence-electron chi connectivity index (χ4n) is 3.37. The van der Waals surface area contributed by atoms with Gasteiger partial charge in [-0.3, -0.25) is 9.69 Å². The van der Waals surface area contributed by atoms with Gasteiger partial charge in [-0.05, 0) is 23.3 Å². The number of methoxy groups -OCH3 is 1. The number of hydrogen-bond donors (Lipinski definition) is 1. The van der Waals surface area contributed by atoms with Gasteiger partial charge < -0.3 is 9.84 Å². The predicted octanol–water partition coefficient (Wildman–Crippen LogP) is 3.65. The Morgan fingerprint density at radius 1 is 1.25 bits per heavy atom. The molecule has 0 amide bonds. The molecule has 5 heteroatoms. The Morgan fingerprint density at radius 2 is 2.00 bits per heavy atom. The summed E-state index contributed by atoms with van der Waals surface area (Å²) >= 11 is 6.18. The number of carboxylic acid groups (broad SMARTS) is 1. The van der Waals surface area contributed by atoms with Crippen LogP contribution in [0, 0.1) is 5.92 Å². The van der Waals surface area contributed by atoms with Gasteiger partial charge in [0.25, 0.3) is 0 Å². The first-order valence-corrected chi connectivity index (χ1v) is 8.29. The lowest BCUT2D eigenvalue weighted by Crippen LogP contribution is -2.23. The third-order valence-electron chi connectivity index (χ3n) is 4.56. The molecule has 126 valence electrons. The van der Waals surface area contributed by atoms with E-state index in [9.17, 15) is 9.90 Å². The summed E-state index contributed by atoms with van der Waals surface area (Å²) < 4.78 is 5.17. The molecule has 24 heavy (non-hydrogen) atoms. The van der Waals surface area contributed by atoms with Gasteiger partial charge in [0.2, 0.25) is 0 Å². The first-order valence-electron chi connectivity index (χ1n) is 7.91. The van der Waals surface area contributed by atoms with Crippen molar-refractivity contribution in [2.45, 2.75) is 12.5 Å². The van der Waals surface area contributed by atoms with Gasteiger partial charge >= 0.3 is 5.97 Å². The fraction of sp³-hybridized carbons (Fsp3) is 0.316. The average Bonchev–Trinajstić information content (AvgIpc) is 3.00. The van der Waals surface area contributed by atoms with Crippen LogP contribution in [-0.4, -0.2) is 36.2 Å². The van der Waals surface area contributed by atoms with Crippen molar-refractivity contribution >= 4 is 17.6 Å². The number of aliphatic carboxylic acids is 1. The average molecular weight is 346 g/mol. The maximum absolute atomic E-state index is 11.7. The molecule has 4 nitrogen and oxygen atoms in total. The van der Waals surface area contributed by atoms with Crippen LogP contribution in [0.3, 0.4) is 0 Å². The normalized spacial score (nSPS) is 20.9. The first-order chi connectivity index (χ1) is 11.6. The summed E-state index contributed by atoms with van der Waals surface area (Å²) in [6.45, 7) is 1.94. The van der Waals surface area contributed by atoms with Gasteiger partial charge in [0.05, 0.1) is 18.1 Å². The third-order valence-corrected chi connectivity index (χ3v) is 4.86. The van der Waals surface area contributed by atoms with E-state index in [2.05, 4.69) is 4.90 Å². The molecule has 0 spiro atoms. The van der Waals surface area contributed by atoms with Gasteiger partial charge in [0.1, 0.15) is 5.75 Å². The minimum atomic E-state index is -0.737. The summed E-state index contributed by atoms with van der Waals surface area (Å²) in [6.07, 6.45) is 0. The minimum Gasteiger partial charge on any atom is -0.495 e. The van der Waals surface area contributed by atoms with Gasteiger partial charge in [-0.2, -0.15) is 0 Å². The van der Waals surface area contributed by atoms with Crippen molar-refractivity contribution in [1.29, 1.82) is 0 Å². The monoisotopic (exact) mass is 345 g/mol. The summed E-state index contributed by atoms with van der Waals surface area (Å²) in [5.74, 6) is -0.468. The van der Waals surface area contributed by atoms with E-state index in [1.807, 2.05) is 48.5 Å². The van der Waals surface area contributed by atoms with Crippen molar-refractivity contribution in [1.82, 2.24) is 4.90 Å². The Balaban J connectivity index is 1.76. The number of benzene rings is 2. The zero-order valence-electron chi connectivity index (χ0n) is 13.5. The number of nitrogens with zero attached hydrogens (tertiary/aromatic N) is 1. The van der Waals surface area contributed by atoms with Crippen LogP contribution < -0.4 is 4.74 Å². The van der Waals surface area contributed by atoms with Crippen LogP contribution in [0.1, 0.15) is 17.0 Å². The van der Waals surface area contributed by atoms with Crippen LogP contribution in [0.25, 0.3) is 0 Å². The Kier molecular flexibility index (Phi) is 5.07. The second-order valence-electron chi connectivity index (χ2n) is 6.12.